The minimum Gasteiger partial charge on any atom is -0.383 e. The van der Waals surface area contributed by atoms with Gasteiger partial charge in [-0.1, -0.05) is 25.7 Å². The van der Waals surface area contributed by atoms with Gasteiger partial charge in [0, 0.05) is 26.6 Å². The largest absolute Gasteiger partial charge is 0.383 e. The van der Waals surface area contributed by atoms with Crippen LogP contribution in [0.4, 0.5) is 0 Å². The topological polar surface area (TPSA) is 58.6 Å². The molecule has 0 spiro atoms. The maximum Gasteiger partial charge on any atom is 0.239 e. The van der Waals surface area contributed by atoms with E-state index in [0.717, 1.165) is 25.7 Å². The first-order valence-electron chi connectivity index (χ1n) is 7.18. The number of hydrogen-bond donors (Lipinski definition) is 1. The molecule has 0 bridgehead atoms. The maximum absolute atomic E-state index is 11.8. The number of ether oxygens (including phenoxy) is 1. The first-order chi connectivity index (χ1) is 9.15. The number of carbonyl (C=O) groups is 2. The lowest BCUT2D eigenvalue weighted by molar-refractivity contribution is -0.136. The quantitative estimate of drug-likeness (QED) is 0.585. The van der Waals surface area contributed by atoms with Crippen LogP contribution < -0.4 is 5.32 Å². The van der Waals surface area contributed by atoms with E-state index in [4.69, 9.17) is 4.74 Å². The summed E-state index contributed by atoms with van der Waals surface area (Å²) in [6.07, 6.45) is 6.82. The van der Waals surface area contributed by atoms with Gasteiger partial charge in [0.25, 0.3) is 0 Å². The van der Waals surface area contributed by atoms with Gasteiger partial charge in [0.2, 0.25) is 11.8 Å². The van der Waals surface area contributed by atoms with Crippen LogP contribution in [0.25, 0.3) is 0 Å². The second-order valence-corrected chi connectivity index (χ2v) is 5.14. The summed E-state index contributed by atoms with van der Waals surface area (Å²) in [5.41, 5.74) is 0. The monoisotopic (exact) mass is 270 g/mol. The van der Waals surface area contributed by atoms with Crippen molar-refractivity contribution in [3.8, 4) is 0 Å². The van der Waals surface area contributed by atoms with E-state index >= 15 is 0 Å². The number of carbonyl (C=O) groups excluding carboxylic acids is 2. The highest BCUT2D eigenvalue weighted by atomic mass is 16.5. The average Bonchev–Trinajstić information content (AvgIpc) is 2.64. The first-order valence-corrected chi connectivity index (χ1v) is 7.18. The van der Waals surface area contributed by atoms with Crippen LogP contribution in [-0.2, 0) is 14.3 Å². The van der Waals surface area contributed by atoms with Crippen molar-refractivity contribution in [1.29, 1.82) is 0 Å². The third-order valence-corrected chi connectivity index (χ3v) is 3.61. The molecule has 19 heavy (non-hydrogen) atoms. The Balaban J connectivity index is 2.46. The highest BCUT2D eigenvalue weighted by Gasteiger charge is 2.24. The summed E-state index contributed by atoms with van der Waals surface area (Å²) in [7, 11) is 1.60. The van der Waals surface area contributed by atoms with E-state index in [9.17, 15) is 9.59 Å². The van der Waals surface area contributed by atoms with Crippen LogP contribution in [0.5, 0.6) is 0 Å². The Hall–Kier alpha value is -1.10. The normalized spacial score (nSPS) is 16.7. The molecule has 0 aromatic heterocycles. The van der Waals surface area contributed by atoms with Crippen molar-refractivity contribution < 1.29 is 14.3 Å². The molecule has 0 aromatic rings. The van der Waals surface area contributed by atoms with Crippen molar-refractivity contribution in [2.75, 3.05) is 26.8 Å². The van der Waals surface area contributed by atoms with Gasteiger partial charge in [0.05, 0.1) is 13.2 Å². The molecule has 1 saturated carbocycles. The molecule has 5 heteroatoms. The second-order valence-electron chi connectivity index (χ2n) is 5.14. The summed E-state index contributed by atoms with van der Waals surface area (Å²) >= 11 is 0. The molecule has 0 saturated heterocycles. The lowest BCUT2D eigenvalue weighted by Gasteiger charge is -2.29. The first kappa shape index (κ1) is 16.0. The van der Waals surface area contributed by atoms with Crippen LogP contribution in [0.1, 0.15) is 45.4 Å². The second kappa shape index (κ2) is 8.91. The van der Waals surface area contributed by atoms with Gasteiger partial charge >= 0.3 is 0 Å². The number of nitrogens with zero attached hydrogens (tertiary/aromatic N) is 1. The molecule has 2 amide bonds. The van der Waals surface area contributed by atoms with Crippen molar-refractivity contribution in [3.05, 3.63) is 0 Å². The Morgan fingerprint density at radius 1 is 1.21 bits per heavy atom. The minimum absolute atomic E-state index is 0.00575. The van der Waals surface area contributed by atoms with E-state index in [2.05, 4.69) is 5.32 Å². The van der Waals surface area contributed by atoms with Crippen molar-refractivity contribution in [1.82, 2.24) is 10.2 Å². The van der Waals surface area contributed by atoms with Crippen LogP contribution >= 0.6 is 0 Å². The number of nitrogens with one attached hydrogen (secondary N) is 1. The number of methoxy groups -OCH3 is 1. The van der Waals surface area contributed by atoms with E-state index in [1.165, 1.54) is 12.8 Å². The molecule has 1 aliphatic rings. The van der Waals surface area contributed by atoms with Crippen LogP contribution in [-0.4, -0.2) is 49.6 Å². The van der Waals surface area contributed by atoms with Crippen LogP contribution in [0, 0.1) is 0 Å². The van der Waals surface area contributed by atoms with Crippen LogP contribution in [0.15, 0.2) is 0 Å². The fourth-order valence-corrected chi connectivity index (χ4v) is 2.57. The molecule has 0 heterocycles. The Bertz CT molecular complexity index is 286. The summed E-state index contributed by atoms with van der Waals surface area (Å²) in [5.74, 6) is -0.106. The van der Waals surface area contributed by atoms with Crippen molar-refractivity contribution in [3.63, 3.8) is 0 Å². The Labute approximate surface area is 115 Å². The van der Waals surface area contributed by atoms with Crippen molar-refractivity contribution >= 4 is 11.8 Å². The van der Waals surface area contributed by atoms with Gasteiger partial charge < -0.3 is 15.0 Å². The molecule has 1 rings (SSSR count). The lowest BCUT2D eigenvalue weighted by atomic mass is 10.1. The van der Waals surface area contributed by atoms with E-state index < -0.39 is 0 Å². The molecule has 0 aliphatic heterocycles. The van der Waals surface area contributed by atoms with Crippen LogP contribution in [0.3, 0.4) is 0 Å². The van der Waals surface area contributed by atoms with Gasteiger partial charge in [0.1, 0.15) is 0 Å². The SMILES string of the molecule is COCCNC(=O)CN(C(C)=O)C1CCCCCC1. The van der Waals surface area contributed by atoms with Gasteiger partial charge in [-0.15, -0.1) is 0 Å². The van der Waals surface area contributed by atoms with E-state index in [1.54, 1.807) is 18.9 Å². The number of amides is 2. The molecule has 0 atom stereocenters. The fourth-order valence-electron chi connectivity index (χ4n) is 2.57. The minimum atomic E-state index is -0.100. The molecule has 5 nitrogen and oxygen atoms in total. The Kier molecular flexibility index (Phi) is 7.48. The van der Waals surface area contributed by atoms with Gasteiger partial charge in [-0.05, 0) is 12.8 Å². The zero-order valence-electron chi connectivity index (χ0n) is 12.1. The smallest absolute Gasteiger partial charge is 0.239 e. The molecular formula is C14H26N2O3. The summed E-state index contributed by atoms with van der Waals surface area (Å²) < 4.78 is 4.88. The Morgan fingerprint density at radius 2 is 1.84 bits per heavy atom. The number of rotatable bonds is 6. The van der Waals surface area contributed by atoms with E-state index in [-0.39, 0.29) is 24.4 Å². The van der Waals surface area contributed by atoms with Gasteiger partial charge in [-0.25, -0.2) is 0 Å². The predicted octanol–water partition coefficient (Wildman–Crippen LogP) is 1.32. The zero-order chi connectivity index (χ0) is 14.1. The van der Waals surface area contributed by atoms with Gasteiger partial charge in [-0.2, -0.15) is 0 Å². The molecule has 110 valence electrons. The summed E-state index contributed by atoms with van der Waals surface area (Å²) in [4.78, 5) is 25.3. The zero-order valence-corrected chi connectivity index (χ0v) is 12.1. The molecule has 0 aromatic carbocycles. The van der Waals surface area contributed by atoms with E-state index in [0.29, 0.717) is 13.2 Å². The summed E-state index contributed by atoms with van der Waals surface area (Å²) in [6.45, 7) is 2.71. The standard InChI is InChI=1S/C14H26N2O3/c1-12(17)16(11-14(18)15-9-10-19-2)13-7-5-3-4-6-8-13/h13H,3-11H2,1-2H3,(H,15,18). The third-order valence-electron chi connectivity index (χ3n) is 3.61. The van der Waals surface area contributed by atoms with Gasteiger partial charge in [0.15, 0.2) is 0 Å². The predicted molar refractivity (Wildman–Crippen MR) is 73.8 cm³/mol. The molecule has 0 unspecified atom stereocenters. The highest BCUT2D eigenvalue weighted by molar-refractivity contribution is 5.83. The van der Waals surface area contributed by atoms with E-state index in [1.807, 2.05) is 0 Å². The molecule has 1 aliphatic carbocycles. The fraction of sp³-hybridized carbons (Fsp3) is 0.857. The average molecular weight is 270 g/mol. The summed E-state index contributed by atoms with van der Waals surface area (Å²) in [6, 6.07) is 0.230. The molecule has 0 radical (unpaired) electrons. The molecule has 1 fully saturated rings. The Morgan fingerprint density at radius 3 is 2.37 bits per heavy atom. The van der Waals surface area contributed by atoms with Crippen molar-refractivity contribution in [2.24, 2.45) is 0 Å². The van der Waals surface area contributed by atoms with Crippen molar-refractivity contribution in [2.45, 2.75) is 51.5 Å². The lowest BCUT2D eigenvalue weighted by Crippen LogP contribution is -2.45. The third kappa shape index (κ3) is 6.05. The molecular weight excluding hydrogens is 244 g/mol. The summed E-state index contributed by atoms with van der Waals surface area (Å²) in [5, 5.41) is 2.77. The molecule has 1 N–H and O–H groups in total. The highest BCUT2D eigenvalue weighted by Crippen LogP contribution is 2.21. The maximum atomic E-state index is 11.8. The number of hydrogen-bond acceptors (Lipinski definition) is 3. The van der Waals surface area contributed by atoms with Crippen LogP contribution in [0.2, 0.25) is 0 Å². The van der Waals surface area contributed by atoms with Gasteiger partial charge in [-0.3, -0.25) is 9.59 Å².